The molecule has 3 rings (SSSR count). The van der Waals surface area contributed by atoms with Gasteiger partial charge in [-0.05, 0) is 51.2 Å². The van der Waals surface area contributed by atoms with E-state index in [4.69, 9.17) is 0 Å². The predicted molar refractivity (Wildman–Crippen MR) is 144 cm³/mol. The van der Waals surface area contributed by atoms with Gasteiger partial charge in [-0.25, -0.2) is 13.6 Å². The third-order valence-corrected chi connectivity index (χ3v) is 7.52. The van der Waals surface area contributed by atoms with Gasteiger partial charge in [0.05, 0.1) is 12.5 Å². The average molecular weight is 545 g/mol. The molecule has 3 amide bonds. The van der Waals surface area contributed by atoms with Crippen LogP contribution in [0.15, 0.2) is 42.0 Å². The minimum absolute atomic E-state index is 0.111. The summed E-state index contributed by atoms with van der Waals surface area (Å²) >= 11 is 0. The molecule has 1 aromatic rings. The number of piperidine rings is 1. The number of nitrogens with one attached hydrogen (secondary N) is 1. The first-order valence-corrected chi connectivity index (χ1v) is 13.3. The van der Waals surface area contributed by atoms with Gasteiger partial charge in [-0.2, -0.15) is 5.26 Å². The summed E-state index contributed by atoms with van der Waals surface area (Å²) in [4.78, 5) is 30.9. The first-order valence-electron chi connectivity index (χ1n) is 13.3. The highest BCUT2D eigenvalue weighted by Crippen LogP contribution is 2.33. The quantitative estimate of drug-likeness (QED) is 0.249. The number of carbonyl (C=O) groups is 2. The summed E-state index contributed by atoms with van der Waals surface area (Å²) in [6, 6.07) is 10.2. The van der Waals surface area contributed by atoms with Gasteiger partial charge >= 0.3 is 13.1 Å². The van der Waals surface area contributed by atoms with E-state index in [0.29, 0.717) is 13.0 Å². The van der Waals surface area contributed by atoms with Crippen molar-refractivity contribution in [1.29, 1.82) is 5.26 Å². The number of hydrogen-bond acceptors (Lipinski definition) is 6. The predicted octanol–water partition coefficient (Wildman–Crippen LogP) is 2.20. The van der Waals surface area contributed by atoms with E-state index >= 15 is 0 Å². The molecule has 0 aliphatic carbocycles. The fraction of sp³-hybridized carbons (Fsp3) is 0.593. The van der Waals surface area contributed by atoms with Crippen LogP contribution in [0.5, 0.6) is 0 Å². The Balaban J connectivity index is 1.68. The van der Waals surface area contributed by atoms with Gasteiger partial charge in [-0.1, -0.05) is 30.3 Å². The molecule has 2 aliphatic rings. The monoisotopic (exact) mass is 545 g/mol. The van der Waals surface area contributed by atoms with Crippen LogP contribution in [-0.2, 0) is 11.2 Å². The summed E-state index contributed by atoms with van der Waals surface area (Å²) in [5.74, 6) is -4.21. The largest absolute Gasteiger partial charge is 0.475 e. The van der Waals surface area contributed by atoms with Gasteiger partial charge in [0, 0.05) is 44.7 Å². The van der Waals surface area contributed by atoms with Gasteiger partial charge in [0.25, 0.3) is 11.8 Å². The Bertz CT molecular complexity index is 1080. The Morgan fingerprint density at radius 1 is 1.28 bits per heavy atom. The van der Waals surface area contributed by atoms with Crippen LogP contribution < -0.4 is 5.32 Å². The number of likely N-dealkylation sites (N-methyl/N-ethyl adjacent to an activating group) is 1. The van der Waals surface area contributed by atoms with Gasteiger partial charge in [-0.3, -0.25) is 9.69 Å². The van der Waals surface area contributed by atoms with E-state index < -0.39 is 43.0 Å². The molecule has 0 radical (unpaired) electrons. The number of carbonyl (C=O) groups excluding carboxylic acids is 2. The van der Waals surface area contributed by atoms with Crippen molar-refractivity contribution in [3.63, 3.8) is 0 Å². The van der Waals surface area contributed by atoms with Crippen molar-refractivity contribution in [2.45, 2.75) is 69.4 Å². The van der Waals surface area contributed by atoms with Crippen molar-refractivity contribution < 1.29 is 28.4 Å². The maximum absolute atomic E-state index is 13.8. The van der Waals surface area contributed by atoms with Gasteiger partial charge in [0.2, 0.25) is 0 Å². The molecule has 1 aromatic carbocycles. The molecule has 0 saturated carbocycles. The number of hydrogen-bond donors (Lipinski definition) is 3. The van der Waals surface area contributed by atoms with E-state index in [1.54, 1.807) is 30.7 Å². The topological polar surface area (TPSA) is 120 Å². The van der Waals surface area contributed by atoms with Crippen LogP contribution >= 0.6 is 0 Å². The van der Waals surface area contributed by atoms with Crippen LogP contribution in [0.2, 0.25) is 0 Å². The number of halogens is 2. The molecule has 212 valence electrons. The fourth-order valence-corrected chi connectivity index (χ4v) is 5.19. The zero-order valence-electron chi connectivity index (χ0n) is 22.8. The molecule has 0 aromatic heterocycles. The number of alkyl halides is 2. The van der Waals surface area contributed by atoms with Crippen LogP contribution in [0.25, 0.3) is 0 Å². The second-order valence-electron chi connectivity index (χ2n) is 11.0. The van der Waals surface area contributed by atoms with E-state index in [-0.39, 0.29) is 37.5 Å². The summed E-state index contributed by atoms with van der Waals surface area (Å²) in [7, 11) is -0.203. The molecule has 2 saturated heterocycles. The Hall–Kier alpha value is -3.01. The third kappa shape index (κ3) is 8.24. The second-order valence-corrected chi connectivity index (χ2v) is 11.0. The molecular weight excluding hydrogens is 507 g/mol. The number of rotatable bonds is 9. The molecule has 2 atom stereocenters. The lowest BCUT2D eigenvalue weighted by atomic mass is 9.76. The van der Waals surface area contributed by atoms with Crippen molar-refractivity contribution in [1.82, 2.24) is 20.0 Å². The number of likely N-dealkylation sites (tertiary alicyclic amines) is 2. The van der Waals surface area contributed by atoms with Crippen molar-refractivity contribution in [2.75, 3.05) is 33.2 Å². The van der Waals surface area contributed by atoms with Gasteiger partial charge < -0.3 is 25.2 Å². The molecule has 2 fully saturated rings. The molecule has 12 heteroatoms. The molecule has 2 heterocycles. The Morgan fingerprint density at radius 3 is 2.56 bits per heavy atom. The Kier molecular flexibility index (Phi) is 10.1. The van der Waals surface area contributed by atoms with Crippen LogP contribution in [0, 0.1) is 11.3 Å². The molecule has 3 N–H and O–H groups in total. The smallest absolute Gasteiger partial charge is 0.426 e. The molecule has 1 unspecified atom stereocenters. The zero-order valence-corrected chi connectivity index (χ0v) is 22.8. The molecule has 0 spiro atoms. The average Bonchev–Trinajstić information content (AvgIpc) is 3.27. The zero-order chi connectivity index (χ0) is 28.8. The van der Waals surface area contributed by atoms with Gasteiger partial charge in [-0.15, -0.1) is 0 Å². The Morgan fingerprint density at radius 2 is 1.97 bits per heavy atom. The molecule has 2 aliphatic heterocycles. The van der Waals surface area contributed by atoms with Gasteiger partial charge in [0.15, 0.2) is 0 Å². The standard InChI is InChI=1S/C27H38BF2N5O4/c1-26(2,34-14-12-27(29,30)19-34)16-21(17-31)24(36)35-13-8-7-11-22(35)18-33(3)25(37)32-23(28(38)39)15-20-9-5-4-6-10-20/h4-6,9-10,16,22-23,38-39H,7-8,11-15,18-19H2,1-3H3,(H,32,37)/t22-,23?/m1/s1. The minimum atomic E-state index is -2.79. The van der Waals surface area contributed by atoms with E-state index in [9.17, 15) is 33.7 Å². The maximum Gasteiger partial charge on any atom is 0.475 e. The van der Waals surface area contributed by atoms with Crippen LogP contribution in [0.4, 0.5) is 13.6 Å². The van der Waals surface area contributed by atoms with Crippen molar-refractivity contribution in [2.24, 2.45) is 0 Å². The molecule has 39 heavy (non-hydrogen) atoms. The fourth-order valence-electron chi connectivity index (χ4n) is 5.19. The van der Waals surface area contributed by atoms with E-state index in [1.165, 1.54) is 11.0 Å². The second kappa shape index (κ2) is 12.9. The Labute approximate surface area is 229 Å². The number of amides is 3. The van der Waals surface area contributed by atoms with Crippen LogP contribution in [0.3, 0.4) is 0 Å². The molecular formula is C27H38BF2N5O4. The lowest BCUT2D eigenvalue weighted by molar-refractivity contribution is -0.130. The van der Waals surface area contributed by atoms with E-state index in [2.05, 4.69) is 5.32 Å². The van der Waals surface area contributed by atoms with Crippen molar-refractivity contribution in [3.8, 4) is 6.07 Å². The SMILES string of the molecule is CN(C[C@H]1CCCCN1C(=O)C(C#N)=CC(C)(C)N1CCC(F)(F)C1)C(=O)NC(Cc1ccccc1)B(O)O. The summed E-state index contributed by atoms with van der Waals surface area (Å²) in [6.07, 6.45) is 3.64. The number of nitriles is 1. The lowest BCUT2D eigenvalue weighted by Gasteiger charge is -2.38. The summed E-state index contributed by atoms with van der Waals surface area (Å²) in [5.41, 5.74) is -0.193. The van der Waals surface area contributed by atoms with Crippen LogP contribution in [-0.4, -0.2) is 100 Å². The normalized spacial score (nSPS) is 20.7. The maximum atomic E-state index is 13.8. The number of benzene rings is 1. The summed E-state index contributed by atoms with van der Waals surface area (Å²) in [5, 5.41) is 32.1. The van der Waals surface area contributed by atoms with E-state index in [1.807, 2.05) is 36.4 Å². The third-order valence-electron chi connectivity index (χ3n) is 7.52. The highest BCUT2D eigenvalue weighted by atomic mass is 19.3. The molecule has 0 bridgehead atoms. The first-order chi connectivity index (χ1) is 18.3. The highest BCUT2D eigenvalue weighted by molar-refractivity contribution is 6.43. The van der Waals surface area contributed by atoms with E-state index in [0.717, 1.165) is 18.4 Å². The minimum Gasteiger partial charge on any atom is -0.426 e. The summed E-state index contributed by atoms with van der Waals surface area (Å²) < 4.78 is 27.6. The summed E-state index contributed by atoms with van der Waals surface area (Å²) in [6.45, 7) is 3.76. The van der Waals surface area contributed by atoms with Crippen LogP contribution in [0.1, 0.15) is 45.1 Å². The van der Waals surface area contributed by atoms with Crippen molar-refractivity contribution in [3.05, 3.63) is 47.5 Å². The number of nitrogens with zero attached hydrogens (tertiary/aromatic N) is 4. The first kappa shape index (κ1) is 30.5. The molecule has 9 nitrogen and oxygen atoms in total. The van der Waals surface area contributed by atoms with Crippen molar-refractivity contribution >= 4 is 19.1 Å². The number of urea groups is 1. The van der Waals surface area contributed by atoms with Gasteiger partial charge in [0.1, 0.15) is 11.6 Å². The highest BCUT2D eigenvalue weighted by Gasteiger charge is 2.43. The lowest BCUT2D eigenvalue weighted by Crippen LogP contribution is -2.55.